The van der Waals surface area contributed by atoms with Gasteiger partial charge in [-0.15, -0.1) is 0 Å². The Morgan fingerprint density at radius 3 is 2.75 bits per heavy atom. The smallest absolute Gasteiger partial charge is 0.314 e. The lowest BCUT2D eigenvalue weighted by atomic mass is 10.2. The van der Waals surface area contributed by atoms with Crippen molar-refractivity contribution in [1.82, 2.24) is 0 Å². The molecule has 6 nitrogen and oxygen atoms in total. The molecule has 16 heavy (non-hydrogen) atoms. The number of hydrogen-bond donors (Lipinski definition) is 3. The first kappa shape index (κ1) is 10.7. The second-order valence-electron chi connectivity index (χ2n) is 4.06. The topological polar surface area (TPSA) is 101 Å². The summed E-state index contributed by atoms with van der Waals surface area (Å²) in [5, 5.41) is 23.0. The van der Waals surface area contributed by atoms with Gasteiger partial charge in [-0.05, 0) is 25.0 Å². The molecular formula is C10H13N3O3. The van der Waals surface area contributed by atoms with E-state index in [0.717, 1.165) is 12.8 Å². The van der Waals surface area contributed by atoms with Crippen molar-refractivity contribution in [2.24, 2.45) is 0 Å². The highest BCUT2D eigenvalue weighted by Crippen LogP contribution is 2.41. The van der Waals surface area contributed by atoms with Gasteiger partial charge in [0.05, 0.1) is 17.1 Å². The van der Waals surface area contributed by atoms with Crippen molar-refractivity contribution in [2.75, 3.05) is 17.7 Å². The summed E-state index contributed by atoms with van der Waals surface area (Å²) < 4.78 is 0. The van der Waals surface area contributed by atoms with Gasteiger partial charge < -0.3 is 16.2 Å². The van der Waals surface area contributed by atoms with E-state index >= 15 is 0 Å². The third-order valence-corrected chi connectivity index (χ3v) is 2.81. The fourth-order valence-corrected chi connectivity index (χ4v) is 1.63. The van der Waals surface area contributed by atoms with E-state index in [1.807, 2.05) is 0 Å². The standard InChI is InChI=1S/C10H13N3O3/c11-7-2-1-3-8(9(7)13(15)16)12-10(6-14)4-5-10/h1-3,12,14H,4-6,11H2. The maximum absolute atomic E-state index is 10.9. The van der Waals surface area contributed by atoms with Crippen LogP contribution in [0.5, 0.6) is 0 Å². The lowest BCUT2D eigenvalue weighted by Crippen LogP contribution is -2.26. The van der Waals surface area contributed by atoms with Crippen LogP contribution in [-0.2, 0) is 0 Å². The number of nitrogens with two attached hydrogens (primary N) is 1. The maximum atomic E-state index is 10.9. The number of aliphatic hydroxyl groups excluding tert-OH is 1. The molecule has 0 aromatic heterocycles. The molecule has 6 heteroatoms. The number of aliphatic hydroxyl groups is 1. The van der Waals surface area contributed by atoms with Crippen LogP contribution in [0.4, 0.5) is 17.1 Å². The predicted octanol–water partition coefficient (Wildman–Crippen LogP) is 1.11. The highest BCUT2D eigenvalue weighted by molar-refractivity contribution is 5.75. The SMILES string of the molecule is Nc1cccc(NC2(CO)CC2)c1[N+](=O)[O-]. The Bertz CT molecular complexity index is 429. The predicted molar refractivity (Wildman–Crippen MR) is 60.2 cm³/mol. The molecule has 0 radical (unpaired) electrons. The van der Waals surface area contributed by atoms with Crippen molar-refractivity contribution in [3.05, 3.63) is 28.3 Å². The number of para-hydroxylation sites is 1. The highest BCUT2D eigenvalue weighted by Gasteiger charge is 2.43. The summed E-state index contributed by atoms with van der Waals surface area (Å²) in [5.41, 5.74) is 5.55. The van der Waals surface area contributed by atoms with E-state index in [-0.39, 0.29) is 18.0 Å². The molecule has 0 amide bonds. The van der Waals surface area contributed by atoms with Gasteiger partial charge >= 0.3 is 5.69 Å². The summed E-state index contributed by atoms with van der Waals surface area (Å²) in [6.07, 6.45) is 1.63. The summed E-state index contributed by atoms with van der Waals surface area (Å²) in [7, 11) is 0. The molecule has 1 aliphatic rings. The fraction of sp³-hybridized carbons (Fsp3) is 0.400. The van der Waals surface area contributed by atoms with Gasteiger partial charge in [0.25, 0.3) is 0 Å². The molecule has 0 atom stereocenters. The summed E-state index contributed by atoms with van der Waals surface area (Å²) in [6, 6.07) is 4.74. The minimum Gasteiger partial charge on any atom is -0.394 e. The lowest BCUT2D eigenvalue weighted by Gasteiger charge is -2.16. The normalized spacial score (nSPS) is 16.8. The molecular weight excluding hydrogens is 210 g/mol. The van der Waals surface area contributed by atoms with Crippen LogP contribution < -0.4 is 11.1 Å². The first-order valence-corrected chi connectivity index (χ1v) is 5.00. The molecule has 0 aliphatic heterocycles. The molecule has 4 N–H and O–H groups in total. The van der Waals surface area contributed by atoms with Crippen LogP contribution in [0.3, 0.4) is 0 Å². The Morgan fingerprint density at radius 2 is 2.25 bits per heavy atom. The lowest BCUT2D eigenvalue weighted by molar-refractivity contribution is -0.383. The van der Waals surface area contributed by atoms with Crippen molar-refractivity contribution in [2.45, 2.75) is 18.4 Å². The van der Waals surface area contributed by atoms with Gasteiger partial charge in [0.2, 0.25) is 0 Å². The van der Waals surface area contributed by atoms with E-state index in [0.29, 0.717) is 5.69 Å². The summed E-state index contributed by atoms with van der Waals surface area (Å²) >= 11 is 0. The van der Waals surface area contributed by atoms with Crippen LogP contribution in [0.25, 0.3) is 0 Å². The number of nitrogens with zero attached hydrogens (tertiary/aromatic N) is 1. The third-order valence-electron chi connectivity index (χ3n) is 2.81. The van der Waals surface area contributed by atoms with Crippen molar-refractivity contribution in [3.8, 4) is 0 Å². The van der Waals surface area contributed by atoms with Gasteiger partial charge in [-0.1, -0.05) is 6.07 Å². The maximum Gasteiger partial charge on any atom is 0.314 e. The zero-order valence-corrected chi connectivity index (χ0v) is 8.64. The number of rotatable bonds is 4. The summed E-state index contributed by atoms with van der Waals surface area (Å²) in [4.78, 5) is 10.4. The first-order valence-electron chi connectivity index (χ1n) is 5.00. The molecule has 0 spiro atoms. The Hall–Kier alpha value is -1.82. The fourth-order valence-electron chi connectivity index (χ4n) is 1.63. The Labute approximate surface area is 92.2 Å². The Balaban J connectivity index is 2.33. The average Bonchev–Trinajstić information content (AvgIpc) is 2.98. The molecule has 1 fully saturated rings. The van der Waals surface area contributed by atoms with Crippen LogP contribution in [-0.4, -0.2) is 22.2 Å². The zero-order chi connectivity index (χ0) is 11.8. The molecule has 1 aromatic rings. The minimum atomic E-state index is -0.509. The van der Waals surface area contributed by atoms with Crippen LogP contribution in [0, 0.1) is 10.1 Å². The van der Waals surface area contributed by atoms with E-state index in [9.17, 15) is 10.1 Å². The second kappa shape index (κ2) is 3.64. The Morgan fingerprint density at radius 1 is 1.56 bits per heavy atom. The average molecular weight is 223 g/mol. The van der Waals surface area contributed by atoms with Crippen LogP contribution in [0.15, 0.2) is 18.2 Å². The minimum absolute atomic E-state index is 0.0288. The molecule has 2 rings (SSSR count). The van der Waals surface area contributed by atoms with Crippen LogP contribution in [0.1, 0.15) is 12.8 Å². The van der Waals surface area contributed by atoms with Crippen LogP contribution in [0.2, 0.25) is 0 Å². The summed E-state index contributed by atoms with van der Waals surface area (Å²) in [5.74, 6) is 0. The number of anilines is 2. The third kappa shape index (κ3) is 1.79. The van der Waals surface area contributed by atoms with Gasteiger partial charge in [-0.3, -0.25) is 10.1 Å². The molecule has 1 aliphatic carbocycles. The number of nitro groups is 1. The Kier molecular flexibility index (Phi) is 2.43. The highest BCUT2D eigenvalue weighted by atomic mass is 16.6. The number of benzene rings is 1. The van der Waals surface area contributed by atoms with E-state index in [2.05, 4.69) is 5.32 Å². The molecule has 0 heterocycles. The molecule has 0 saturated heterocycles. The molecule has 0 unspecified atom stereocenters. The number of nitrogens with one attached hydrogen (secondary N) is 1. The van der Waals surface area contributed by atoms with Gasteiger partial charge in [0.1, 0.15) is 11.4 Å². The largest absolute Gasteiger partial charge is 0.394 e. The molecule has 1 saturated carbocycles. The van der Waals surface area contributed by atoms with Crippen molar-refractivity contribution >= 4 is 17.1 Å². The van der Waals surface area contributed by atoms with E-state index < -0.39 is 10.5 Å². The van der Waals surface area contributed by atoms with Gasteiger partial charge in [-0.25, -0.2) is 0 Å². The van der Waals surface area contributed by atoms with Crippen molar-refractivity contribution in [1.29, 1.82) is 0 Å². The molecule has 0 bridgehead atoms. The van der Waals surface area contributed by atoms with Gasteiger partial charge in [0.15, 0.2) is 0 Å². The number of hydrogen-bond acceptors (Lipinski definition) is 5. The van der Waals surface area contributed by atoms with E-state index in [1.54, 1.807) is 12.1 Å². The monoisotopic (exact) mass is 223 g/mol. The molecule has 86 valence electrons. The van der Waals surface area contributed by atoms with Crippen LogP contribution >= 0.6 is 0 Å². The van der Waals surface area contributed by atoms with Gasteiger partial charge in [0, 0.05) is 0 Å². The first-order chi connectivity index (χ1) is 7.58. The summed E-state index contributed by atoms with van der Waals surface area (Å²) in [6.45, 7) is -0.0288. The van der Waals surface area contributed by atoms with E-state index in [4.69, 9.17) is 10.8 Å². The van der Waals surface area contributed by atoms with Crippen molar-refractivity contribution in [3.63, 3.8) is 0 Å². The quantitative estimate of drug-likeness (QED) is 0.403. The van der Waals surface area contributed by atoms with Crippen molar-refractivity contribution < 1.29 is 10.0 Å². The number of nitro benzene ring substituents is 1. The molecule has 1 aromatic carbocycles. The second-order valence-corrected chi connectivity index (χ2v) is 4.06. The number of nitrogen functional groups attached to an aromatic ring is 1. The van der Waals surface area contributed by atoms with Gasteiger partial charge in [-0.2, -0.15) is 0 Å². The van der Waals surface area contributed by atoms with E-state index in [1.165, 1.54) is 6.07 Å². The zero-order valence-electron chi connectivity index (χ0n) is 8.64.